The number of benzene rings is 2. The van der Waals surface area contributed by atoms with Crippen molar-refractivity contribution in [3.05, 3.63) is 54.4 Å². The molecule has 1 aliphatic heterocycles. The Bertz CT molecular complexity index is 957. The van der Waals surface area contributed by atoms with Gasteiger partial charge in [-0.1, -0.05) is 24.3 Å². The lowest BCUT2D eigenvalue weighted by Gasteiger charge is -2.26. The summed E-state index contributed by atoms with van der Waals surface area (Å²) in [6.07, 6.45) is 1.83. The average Bonchev–Trinajstić information content (AvgIpc) is 3.04. The van der Waals surface area contributed by atoms with Gasteiger partial charge in [-0.15, -0.1) is 0 Å². The number of aromatic nitrogens is 2. The van der Waals surface area contributed by atoms with Crippen molar-refractivity contribution in [2.75, 3.05) is 19.4 Å². The number of carbonyl (C=O) groups is 1. The van der Waals surface area contributed by atoms with Crippen LogP contribution in [0.4, 0.5) is 0 Å². The third-order valence-electron chi connectivity index (χ3n) is 4.40. The third-order valence-corrected chi connectivity index (χ3v) is 4.95. The monoisotopic (exact) mass is 383 g/mol. The second kappa shape index (κ2) is 7.92. The van der Waals surface area contributed by atoms with Crippen molar-refractivity contribution in [1.29, 1.82) is 0 Å². The number of rotatable bonds is 6. The molecular weight excluding hydrogens is 362 g/mol. The minimum Gasteiger partial charge on any atom is -0.486 e. The van der Waals surface area contributed by atoms with Gasteiger partial charge in [0.1, 0.15) is 25.1 Å². The van der Waals surface area contributed by atoms with Gasteiger partial charge in [-0.05, 0) is 30.5 Å². The van der Waals surface area contributed by atoms with E-state index in [4.69, 9.17) is 9.47 Å². The van der Waals surface area contributed by atoms with Crippen molar-refractivity contribution >= 4 is 28.7 Å². The van der Waals surface area contributed by atoms with Crippen LogP contribution in [0.5, 0.6) is 11.5 Å². The summed E-state index contributed by atoms with van der Waals surface area (Å²) in [4.78, 5) is 17.2. The highest BCUT2D eigenvalue weighted by atomic mass is 32.2. The first-order chi connectivity index (χ1) is 13.2. The van der Waals surface area contributed by atoms with E-state index in [1.54, 1.807) is 11.8 Å². The zero-order chi connectivity index (χ0) is 18.6. The fourth-order valence-electron chi connectivity index (χ4n) is 3.13. The number of imidazole rings is 1. The van der Waals surface area contributed by atoms with Gasteiger partial charge in [0.05, 0.1) is 23.3 Å². The summed E-state index contributed by atoms with van der Waals surface area (Å²) in [5, 5.41) is 2.96. The average molecular weight is 383 g/mol. The maximum atomic E-state index is 12.5. The fourth-order valence-corrected chi connectivity index (χ4v) is 3.61. The predicted molar refractivity (Wildman–Crippen MR) is 106 cm³/mol. The van der Waals surface area contributed by atoms with E-state index in [2.05, 4.69) is 10.3 Å². The third kappa shape index (κ3) is 3.88. The van der Waals surface area contributed by atoms with E-state index in [0.717, 1.165) is 28.4 Å². The van der Waals surface area contributed by atoms with Crippen LogP contribution in [-0.4, -0.2) is 41.0 Å². The highest BCUT2D eigenvalue weighted by Crippen LogP contribution is 2.30. The van der Waals surface area contributed by atoms with Gasteiger partial charge in [0.15, 0.2) is 11.5 Å². The molecule has 1 unspecified atom stereocenters. The van der Waals surface area contributed by atoms with E-state index < -0.39 is 0 Å². The maximum Gasteiger partial charge on any atom is 0.240 e. The van der Waals surface area contributed by atoms with Crippen molar-refractivity contribution in [2.24, 2.45) is 0 Å². The Balaban J connectivity index is 1.40. The van der Waals surface area contributed by atoms with Crippen LogP contribution in [0.15, 0.2) is 48.5 Å². The number of fused-ring (bicyclic) bond motifs is 2. The number of amides is 1. The molecule has 0 saturated heterocycles. The first-order valence-corrected chi connectivity index (χ1v) is 10.2. The Hall–Kier alpha value is -2.67. The lowest BCUT2D eigenvalue weighted by Crippen LogP contribution is -2.41. The summed E-state index contributed by atoms with van der Waals surface area (Å²) in [5.74, 6) is 3.06. The SMILES string of the molecule is CSCc1nc2ccccc2n1CC(=O)NCC1COc2ccccc2O1. The van der Waals surface area contributed by atoms with Gasteiger partial charge in [0, 0.05) is 0 Å². The minimum atomic E-state index is -0.200. The van der Waals surface area contributed by atoms with Crippen molar-refractivity contribution in [3.63, 3.8) is 0 Å². The normalized spacial score (nSPS) is 15.7. The molecule has 7 heteroatoms. The van der Waals surface area contributed by atoms with E-state index in [9.17, 15) is 4.79 Å². The molecule has 0 aliphatic carbocycles. The quantitative estimate of drug-likeness (QED) is 0.709. The van der Waals surface area contributed by atoms with Crippen molar-refractivity contribution in [3.8, 4) is 11.5 Å². The van der Waals surface area contributed by atoms with Crippen molar-refractivity contribution in [2.45, 2.75) is 18.4 Å². The van der Waals surface area contributed by atoms with Gasteiger partial charge < -0.3 is 19.4 Å². The number of ether oxygens (including phenoxy) is 2. The zero-order valence-corrected chi connectivity index (χ0v) is 15.9. The fraction of sp³-hybridized carbons (Fsp3) is 0.300. The van der Waals surface area contributed by atoms with Crippen LogP contribution in [0.25, 0.3) is 11.0 Å². The van der Waals surface area contributed by atoms with Gasteiger partial charge >= 0.3 is 0 Å². The van der Waals surface area contributed by atoms with E-state index in [1.807, 2.05) is 59.4 Å². The van der Waals surface area contributed by atoms with Gasteiger partial charge in [0.2, 0.25) is 5.91 Å². The molecule has 1 aromatic heterocycles. The van der Waals surface area contributed by atoms with Crippen LogP contribution in [0.1, 0.15) is 5.82 Å². The molecular formula is C20H21N3O3S. The van der Waals surface area contributed by atoms with Crippen LogP contribution in [-0.2, 0) is 17.1 Å². The molecule has 1 aliphatic rings. The van der Waals surface area contributed by atoms with E-state index in [-0.39, 0.29) is 18.6 Å². The van der Waals surface area contributed by atoms with Gasteiger partial charge in [-0.2, -0.15) is 11.8 Å². The molecule has 0 bridgehead atoms. The van der Waals surface area contributed by atoms with Gasteiger partial charge in [0.25, 0.3) is 0 Å². The summed E-state index contributed by atoms with van der Waals surface area (Å²) in [6.45, 7) is 1.06. The first-order valence-electron chi connectivity index (χ1n) is 8.83. The summed E-state index contributed by atoms with van der Waals surface area (Å²) < 4.78 is 13.6. The molecule has 1 amide bonds. The lowest BCUT2D eigenvalue weighted by molar-refractivity contribution is -0.122. The highest BCUT2D eigenvalue weighted by molar-refractivity contribution is 7.97. The number of nitrogens with one attached hydrogen (secondary N) is 1. The Morgan fingerprint density at radius 1 is 1.22 bits per heavy atom. The van der Waals surface area contributed by atoms with Gasteiger partial charge in [-0.3, -0.25) is 4.79 Å². The van der Waals surface area contributed by atoms with Crippen LogP contribution < -0.4 is 14.8 Å². The van der Waals surface area contributed by atoms with Crippen LogP contribution >= 0.6 is 11.8 Å². The summed E-state index contributed by atoms with van der Waals surface area (Å²) in [7, 11) is 0. The summed E-state index contributed by atoms with van der Waals surface area (Å²) in [6, 6.07) is 15.4. The first kappa shape index (κ1) is 17.7. The molecule has 0 fully saturated rings. The molecule has 0 spiro atoms. The van der Waals surface area contributed by atoms with Crippen LogP contribution in [0.3, 0.4) is 0 Å². The lowest BCUT2D eigenvalue weighted by atomic mass is 10.2. The van der Waals surface area contributed by atoms with E-state index in [0.29, 0.717) is 18.9 Å². The Labute approximate surface area is 161 Å². The Morgan fingerprint density at radius 2 is 2.00 bits per heavy atom. The molecule has 140 valence electrons. The highest BCUT2D eigenvalue weighted by Gasteiger charge is 2.21. The van der Waals surface area contributed by atoms with E-state index in [1.165, 1.54) is 0 Å². The van der Waals surface area contributed by atoms with Crippen molar-refractivity contribution in [1.82, 2.24) is 14.9 Å². The number of para-hydroxylation sites is 4. The topological polar surface area (TPSA) is 65.4 Å². The maximum absolute atomic E-state index is 12.5. The molecule has 6 nitrogen and oxygen atoms in total. The molecule has 3 aromatic rings. The summed E-state index contributed by atoms with van der Waals surface area (Å²) in [5.41, 5.74) is 1.89. The number of carbonyl (C=O) groups excluding carboxylic acids is 1. The van der Waals surface area contributed by atoms with Crippen LogP contribution in [0.2, 0.25) is 0 Å². The number of thioether (sulfide) groups is 1. The molecule has 1 atom stereocenters. The molecule has 1 N–H and O–H groups in total. The number of hydrogen-bond acceptors (Lipinski definition) is 5. The van der Waals surface area contributed by atoms with Crippen molar-refractivity contribution < 1.29 is 14.3 Å². The molecule has 0 saturated carbocycles. The van der Waals surface area contributed by atoms with E-state index >= 15 is 0 Å². The molecule has 0 radical (unpaired) electrons. The molecule has 4 rings (SSSR count). The smallest absolute Gasteiger partial charge is 0.240 e. The number of nitrogens with zero attached hydrogens (tertiary/aromatic N) is 2. The molecule has 2 heterocycles. The second-order valence-corrected chi connectivity index (χ2v) is 7.20. The van der Waals surface area contributed by atoms with Gasteiger partial charge in [-0.25, -0.2) is 4.98 Å². The minimum absolute atomic E-state index is 0.0667. The second-order valence-electron chi connectivity index (χ2n) is 6.34. The summed E-state index contributed by atoms with van der Waals surface area (Å²) >= 11 is 1.69. The molecule has 27 heavy (non-hydrogen) atoms. The Morgan fingerprint density at radius 3 is 2.85 bits per heavy atom. The molecule has 2 aromatic carbocycles. The standard InChI is InChI=1S/C20H21N3O3S/c1-27-13-19-22-15-6-2-3-7-16(15)23(19)11-20(24)21-10-14-12-25-17-8-4-5-9-18(17)26-14/h2-9,14H,10-13H2,1H3,(H,21,24). The zero-order valence-electron chi connectivity index (χ0n) is 15.1. The number of hydrogen-bond donors (Lipinski definition) is 1. The Kier molecular flexibility index (Phi) is 5.20. The predicted octanol–water partition coefficient (Wildman–Crippen LogP) is 2.86. The largest absolute Gasteiger partial charge is 0.486 e. The van der Waals surface area contributed by atoms with Crippen LogP contribution in [0, 0.1) is 0 Å².